The zero-order chi connectivity index (χ0) is 20.7. The summed E-state index contributed by atoms with van der Waals surface area (Å²) in [5.41, 5.74) is 1.31. The maximum atomic E-state index is 13.1. The second kappa shape index (κ2) is 9.25. The molecule has 0 aliphatic rings. The largest absolute Gasteiger partial charge is 0.497 e. The van der Waals surface area contributed by atoms with Crippen LogP contribution in [-0.4, -0.2) is 28.0 Å². The van der Waals surface area contributed by atoms with Crippen LogP contribution in [0.1, 0.15) is 5.56 Å². The molecule has 0 aliphatic carbocycles. The fourth-order valence-corrected chi connectivity index (χ4v) is 4.20. The monoisotopic (exact) mass is 410 g/mol. The number of sulfonamides is 1. The van der Waals surface area contributed by atoms with Crippen molar-refractivity contribution in [2.75, 3.05) is 18.0 Å². The Morgan fingerprint density at radius 1 is 0.897 bits per heavy atom. The van der Waals surface area contributed by atoms with Crippen molar-refractivity contribution < 1.29 is 17.9 Å². The molecule has 0 radical (unpaired) electrons. The summed E-state index contributed by atoms with van der Waals surface area (Å²) in [5, 5.41) is 2.77. The predicted molar refractivity (Wildman–Crippen MR) is 112 cm³/mol. The van der Waals surface area contributed by atoms with Crippen LogP contribution in [0.25, 0.3) is 0 Å². The van der Waals surface area contributed by atoms with E-state index in [1.54, 1.807) is 67.8 Å². The maximum absolute atomic E-state index is 13.1. The molecule has 0 unspecified atom stereocenters. The molecule has 3 aromatic carbocycles. The van der Waals surface area contributed by atoms with Gasteiger partial charge < -0.3 is 10.1 Å². The molecular weight excluding hydrogens is 388 g/mol. The number of amides is 1. The average Bonchev–Trinajstić information content (AvgIpc) is 2.77. The van der Waals surface area contributed by atoms with E-state index in [1.807, 2.05) is 12.1 Å². The van der Waals surface area contributed by atoms with Gasteiger partial charge in [-0.15, -0.1) is 0 Å². The number of nitrogens with one attached hydrogen (secondary N) is 1. The van der Waals surface area contributed by atoms with Crippen LogP contribution in [0.15, 0.2) is 89.8 Å². The molecule has 0 aliphatic heterocycles. The van der Waals surface area contributed by atoms with Crippen molar-refractivity contribution in [2.24, 2.45) is 0 Å². The Morgan fingerprint density at radius 2 is 1.48 bits per heavy atom. The van der Waals surface area contributed by atoms with E-state index in [0.29, 0.717) is 5.69 Å². The summed E-state index contributed by atoms with van der Waals surface area (Å²) in [5.74, 6) is 0.327. The highest BCUT2D eigenvalue weighted by molar-refractivity contribution is 7.92. The van der Waals surface area contributed by atoms with Gasteiger partial charge in [0, 0.05) is 6.54 Å². The molecule has 0 heterocycles. The number of nitrogens with zero attached hydrogens (tertiary/aromatic N) is 1. The van der Waals surface area contributed by atoms with E-state index in [1.165, 1.54) is 12.1 Å². The van der Waals surface area contributed by atoms with Crippen molar-refractivity contribution in [3.8, 4) is 5.75 Å². The van der Waals surface area contributed by atoms with E-state index < -0.39 is 15.9 Å². The van der Waals surface area contributed by atoms with E-state index >= 15 is 0 Å². The third-order valence-electron chi connectivity index (χ3n) is 4.31. The van der Waals surface area contributed by atoms with Crippen LogP contribution in [0.4, 0.5) is 5.69 Å². The molecule has 6 nitrogen and oxygen atoms in total. The summed E-state index contributed by atoms with van der Waals surface area (Å²) in [6, 6.07) is 24.0. The number of hydrogen-bond donors (Lipinski definition) is 1. The van der Waals surface area contributed by atoms with E-state index in [4.69, 9.17) is 4.74 Å². The molecule has 0 saturated carbocycles. The molecule has 0 saturated heterocycles. The van der Waals surface area contributed by atoms with E-state index in [9.17, 15) is 13.2 Å². The minimum atomic E-state index is -3.89. The molecule has 1 N–H and O–H groups in total. The smallest absolute Gasteiger partial charge is 0.264 e. The number of ether oxygens (including phenoxy) is 1. The van der Waals surface area contributed by atoms with Crippen LogP contribution in [-0.2, 0) is 21.4 Å². The Kier molecular flexibility index (Phi) is 6.51. The van der Waals surface area contributed by atoms with Gasteiger partial charge in [-0.05, 0) is 42.0 Å². The number of rotatable bonds is 8. The molecule has 0 bridgehead atoms. The zero-order valence-electron chi connectivity index (χ0n) is 16.0. The number of methoxy groups -OCH3 is 1. The van der Waals surface area contributed by atoms with Crippen molar-refractivity contribution in [2.45, 2.75) is 11.4 Å². The lowest BCUT2D eigenvalue weighted by molar-refractivity contribution is -0.119. The first-order chi connectivity index (χ1) is 14.0. The molecule has 29 heavy (non-hydrogen) atoms. The van der Waals surface area contributed by atoms with E-state index in [-0.39, 0.29) is 18.0 Å². The van der Waals surface area contributed by atoms with Gasteiger partial charge in [0.25, 0.3) is 10.0 Å². The van der Waals surface area contributed by atoms with E-state index in [0.717, 1.165) is 15.6 Å². The number of anilines is 1. The van der Waals surface area contributed by atoms with Gasteiger partial charge in [-0.1, -0.05) is 48.5 Å². The van der Waals surface area contributed by atoms with Crippen molar-refractivity contribution in [1.82, 2.24) is 5.32 Å². The average molecular weight is 410 g/mol. The molecule has 0 fully saturated rings. The van der Waals surface area contributed by atoms with Gasteiger partial charge in [0.15, 0.2) is 0 Å². The Labute approximate surface area is 170 Å². The minimum Gasteiger partial charge on any atom is -0.497 e. The molecule has 3 rings (SSSR count). The summed E-state index contributed by atoms with van der Waals surface area (Å²) in [6.45, 7) is -0.0335. The molecule has 0 aromatic heterocycles. The van der Waals surface area contributed by atoms with Crippen LogP contribution in [0.2, 0.25) is 0 Å². The summed E-state index contributed by atoms with van der Waals surface area (Å²) in [6.07, 6.45) is 0. The Balaban J connectivity index is 1.77. The highest BCUT2D eigenvalue weighted by atomic mass is 32.2. The summed E-state index contributed by atoms with van der Waals surface area (Å²) in [7, 11) is -2.30. The second-order valence-corrected chi connectivity index (χ2v) is 8.15. The second-order valence-electron chi connectivity index (χ2n) is 6.29. The van der Waals surface area contributed by atoms with Gasteiger partial charge in [-0.2, -0.15) is 0 Å². The molecule has 150 valence electrons. The lowest BCUT2D eigenvalue weighted by Crippen LogP contribution is -2.40. The number of para-hydroxylation sites is 1. The van der Waals surface area contributed by atoms with Crippen molar-refractivity contribution in [1.29, 1.82) is 0 Å². The highest BCUT2D eigenvalue weighted by Gasteiger charge is 2.26. The van der Waals surface area contributed by atoms with Gasteiger partial charge in [0.05, 0.1) is 17.7 Å². The molecule has 0 atom stereocenters. The van der Waals surface area contributed by atoms with Crippen molar-refractivity contribution in [3.05, 3.63) is 90.5 Å². The fraction of sp³-hybridized carbons (Fsp3) is 0.136. The molecule has 3 aromatic rings. The van der Waals surface area contributed by atoms with Crippen LogP contribution in [0.3, 0.4) is 0 Å². The first-order valence-corrected chi connectivity index (χ1v) is 10.5. The van der Waals surface area contributed by atoms with Gasteiger partial charge in [-0.25, -0.2) is 8.42 Å². The third kappa shape index (κ3) is 5.14. The standard InChI is InChI=1S/C22H22N2O4S/c1-28-20-14-12-18(13-15-20)16-23-22(25)17-24(19-8-4-2-5-9-19)29(26,27)21-10-6-3-7-11-21/h2-15H,16-17H2,1H3,(H,23,25). The van der Waals surface area contributed by atoms with Crippen LogP contribution >= 0.6 is 0 Å². The number of hydrogen-bond acceptors (Lipinski definition) is 4. The van der Waals surface area contributed by atoms with Crippen molar-refractivity contribution in [3.63, 3.8) is 0 Å². The molecule has 7 heteroatoms. The topological polar surface area (TPSA) is 75.7 Å². The lowest BCUT2D eigenvalue weighted by Gasteiger charge is -2.24. The molecule has 0 spiro atoms. The van der Waals surface area contributed by atoms with Crippen LogP contribution in [0, 0.1) is 0 Å². The van der Waals surface area contributed by atoms with Crippen molar-refractivity contribution >= 4 is 21.6 Å². The number of carbonyl (C=O) groups is 1. The first-order valence-electron chi connectivity index (χ1n) is 9.03. The lowest BCUT2D eigenvalue weighted by atomic mass is 10.2. The normalized spacial score (nSPS) is 10.9. The number of benzene rings is 3. The van der Waals surface area contributed by atoms with Gasteiger partial charge >= 0.3 is 0 Å². The van der Waals surface area contributed by atoms with Gasteiger partial charge in [0.2, 0.25) is 5.91 Å². The first kappa shape index (κ1) is 20.4. The Bertz CT molecular complexity index is 1040. The highest BCUT2D eigenvalue weighted by Crippen LogP contribution is 2.23. The van der Waals surface area contributed by atoms with E-state index in [2.05, 4.69) is 5.32 Å². The third-order valence-corrected chi connectivity index (χ3v) is 6.10. The Hall–Kier alpha value is -3.32. The predicted octanol–water partition coefficient (Wildman–Crippen LogP) is 3.21. The SMILES string of the molecule is COc1ccc(CNC(=O)CN(c2ccccc2)S(=O)(=O)c2ccccc2)cc1. The summed E-state index contributed by atoms with van der Waals surface area (Å²) >= 11 is 0. The fourth-order valence-electron chi connectivity index (χ4n) is 2.76. The van der Waals surface area contributed by atoms with Gasteiger partial charge in [-0.3, -0.25) is 9.10 Å². The summed E-state index contributed by atoms with van der Waals surface area (Å²) in [4.78, 5) is 12.7. The Morgan fingerprint density at radius 3 is 2.07 bits per heavy atom. The number of carbonyl (C=O) groups excluding carboxylic acids is 1. The van der Waals surface area contributed by atoms with Gasteiger partial charge in [0.1, 0.15) is 12.3 Å². The van der Waals surface area contributed by atoms with Crippen LogP contribution in [0.5, 0.6) is 5.75 Å². The van der Waals surface area contributed by atoms with Crippen LogP contribution < -0.4 is 14.4 Å². The molecular formula is C22H22N2O4S. The maximum Gasteiger partial charge on any atom is 0.264 e. The quantitative estimate of drug-likeness (QED) is 0.619. The summed E-state index contributed by atoms with van der Waals surface area (Å²) < 4.78 is 32.5. The molecule has 1 amide bonds. The zero-order valence-corrected chi connectivity index (χ0v) is 16.8. The minimum absolute atomic E-state index is 0.131.